The zero-order valence-corrected chi connectivity index (χ0v) is 11.8. The van der Waals surface area contributed by atoms with E-state index in [1.165, 1.54) is 0 Å². The quantitative estimate of drug-likeness (QED) is 0.825. The number of rotatable bonds is 4. The van der Waals surface area contributed by atoms with Gasteiger partial charge in [0.15, 0.2) is 0 Å². The summed E-state index contributed by atoms with van der Waals surface area (Å²) < 4.78 is 0. The first-order chi connectivity index (χ1) is 8.47. The molecule has 4 unspecified atom stereocenters. The molecule has 1 saturated carbocycles. The summed E-state index contributed by atoms with van der Waals surface area (Å²) in [7, 11) is 0. The zero-order chi connectivity index (χ0) is 13.4. The van der Waals surface area contributed by atoms with Gasteiger partial charge in [-0.15, -0.1) is 0 Å². The molecule has 1 heterocycles. The second-order valence-corrected chi connectivity index (χ2v) is 6.06. The van der Waals surface area contributed by atoms with Crippen LogP contribution in [0.4, 0.5) is 0 Å². The van der Waals surface area contributed by atoms with Crippen molar-refractivity contribution in [2.45, 2.75) is 65.1 Å². The first kappa shape index (κ1) is 13.4. The van der Waals surface area contributed by atoms with Crippen LogP contribution in [0.5, 0.6) is 0 Å². The highest BCUT2D eigenvalue weighted by Crippen LogP contribution is 2.39. The van der Waals surface area contributed by atoms with E-state index >= 15 is 0 Å². The van der Waals surface area contributed by atoms with Crippen molar-refractivity contribution < 1.29 is 9.59 Å². The smallest absolute Gasteiger partial charge is 0.246 e. The molecule has 0 aromatic carbocycles. The molecule has 2 fully saturated rings. The van der Waals surface area contributed by atoms with Gasteiger partial charge in [-0.05, 0) is 24.7 Å². The van der Waals surface area contributed by atoms with Crippen LogP contribution in [-0.4, -0.2) is 34.8 Å². The van der Waals surface area contributed by atoms with Crippen LogP contribution in [0.1, 0.15) is 47.0 Å². The van der Waals surface area contributed by atoms with Gasteiger partial charge >= 0.3 is 0 Å². The molecule has 4 heteroatoms. The second-order valence-electron chi connectivity index (χ2n) is 6.06. The van der Waals surface area contributed by atoms with Crippen LogP contribution in [0.3, 0.4) is 0 Å². The fraction of sp³-hybridized carbons (Fsp3) is 0.857. The molecule has 1 aliphatic carbocycles. The Morgan fingerprint density at radius 3 is 2.44 bits per heavy atom. The molecule has 2 aliphatic rings. The molecule has 0 aromatic rings. The molecule has 0 radical (unpaired) electrons. The van der Waals surface area contributed by atoms with Gasteiger partial charge in [-0.3, -0.25) is 9.59 Å². The van der Waals surface area contributed by atoms with Crippen LogP contribution in [-0.2, 0) is 9.59 Å². The molecule has 4 nitrogen and oxygen atoms in total. The summed E-state index contributed by atoms with van der Waals surface area (Å²) in [5.41, 5.74) is 0. The summed E-state index contributed by atoms with van der Waals surface area (Å²) in [6.45, 7) is 8.21. The number of piperazine rings is 1. The summed E-state index contributed by atoms with van der Waals surface area (Å²) >= 11 is 0. The van der Waals surface area contributed by atoms with Gasteiger partial charge in [-0.1, -0.05) is 34.1 Å². The molecule has 1 N–H and O–H groups in total. The zero-order valence-electron chi connectivity index (χ0n) is 11.8. The third-order valence-corrected chi connectivity index (χ3v) is 4.07. The molecule has 2 amide bonds. The van der Waals surface area contributed by atoms with Gasteiger partial charge in [0, 0.05) is 6.04 Å². The summed E-state index contributed by atoms with van der Waals surface area (Å²) in [4.78, 5) is 26.6. The van der Waals surface area contributed by atoms with Crippen molar-refractivity contribution in [2.24, 2.45) is 11.8 Å². The topological polar surface area (TPSA) is 49.4 Å². The highest BCUT2D eigenvalue weighted by atomic mass is 16.2. The van der Waals surface area contributed by atoms with Crippen molar-refractivity contribution in [3.63, 3.8) is 0 Å². The standard InChI is InChI=1S/C14H24N2O2/c1-5-6-10-14(18)16(11-7-9(11)4)12(8(2)3)13(17)15-10/h8-12H,5-7H2,1-4H3,(H,15,17). The van der Waals surface area contributed by atoms with Gasteiger partial charge in [0.1, 0.15) is 12.1 Å². The Morgan fingerprint density at radius 1 is 1.39 bits per heavy atom. The third-order valence-electron chi connectivity index (χ3n) is 4.07. The molecular weight excluding hydrogens is 228 g/mol. The van der Waals surface area contributed by atoms with Crippen molar-refractivity contribution in [2.75, 3.05) is 0 Å². The van der Waals surface area contributed by atoms with Crippen LogP contribution in [0.2, 0.25) is 0 Å². The fourth-order valence-corrected chi connectivity index (χ4v) is 2.93. The van der Waals surface area contributed by atoms with Crippen molar-refractivity contribution >= 4 is 11.8 Å². The van der Waals surface area contributed by atoms with Crippen LogP contribution >= 0.6 is 0 Å². The van der Waals surface area contributed by atoms with E-state index in [1.807, 2.05) is 25.7 Å². The van der Waals surface area contributed by atoms with E-state index < -0.39 is 0 Å². The highest BCUT2D eigenvalue weighted by molar-refractivity contribution is 5.97. The Kier molecular flexibility index (Phi) is 3.64. The first-order valence-corrected chi connectivity index (χ1v) is 7.09. The normalized spacial score (nSPS) is 35.9. The van der Waals surface area contributed by atoms with E-state index in [2.05, 4.69) is 12.2 Å². The third kappa shape index (κ3) is 2.25. The Balaban J connectivity index is 2.22. The lowest BCUT2D eigenvalue weighted by Crippen LogP contribution is -2.65. The van der Waals surface area contributed by atoms with Crippen molar-refractivity contribution in [1.82, 2.24) is 10.2 Å². The van der Waals surface area contributed by atoms with Crippen molar-refractivity contribution in [1.29, 1.82) is 0 Å². The number of carbonyl (C=O) groups excluding carboxylic acids is 2. The lowest BCUT2D eigenvalue weighted by Gasteiger charge is -2.41. The average Bonchev–Trinajstić information content (AvgIpc) is 2.99. The summed E-state index contributed by atoms with van der Waals surface area (Å²) in [6.07, 6.45) is 2.70. The minimum absolute atomic E-state index is 0.0298. The van der Waals surface area contributed by atoms with Crippen LogP contribution < -0.4 is 5.32 Å². The minimum Gasteiger partial charge on any atom is -0.342 e. The molecule has 0 aromatic heterocycles. The maximum absolute atomic E-state index is 12.5. The summed E-state index contributed by atoms with van der Waals surface area (Å²) in [6, 6.07) is -0.291. The molecule has 1 aliphatic heterocycles. The molecular formula is C14H24N2O2. The highest BCUT2D eigenvalue weighted by Gasteiger charge is 2.50. The van der Waals surface area contributed by atoms with E-state index in [0.29, 0.717) is 5.92 Å². The largest absolute Gasteiger partial charge is 0.342 e. The number of hydrogen-bond acceptors (Lipinski definition) is 2. The van der Waals surface area contributed by atoms with Crippen molar-refractivity contribution in [3.05, 3.63) is 0 Å². The van der Waals surface area contributed by atoms with Gasteiger partial charge in [-0.2, -0.15) is 0 Å². The molecule has 18 heavy (non-hydrogen) atoms. The summed E-state index contributed by atoms with van der Waals surface area (Å²) in [5, 5.41) is 2.90. The number of hydrogen-bond donors (Lipinski definition) is 1. The van der Waals surface area contributed by atoms with Gasteiger partial charge in [-0.25, -0.2) is 0 Å². The van der Waals surface area contributed by atoms with Crippen LogP contribution in [0, 0.1) is 11.8 Å². The molecule has 102 valence electrons. The van der Waals surface area contributed by atoms with E-state index in [0.717, 1.165) is 19.3 Å². The predicted molar refractivity (Wildman–Crippen MR) is 69.9 cm³/mol. The number of nitrogens with zero attached hydrogens (tertiary/aromatic N) is 1. The van der Waals surface area contributed by atoms with E-state index in [-0.39, 0.29) is 35.9 Å². The van der Waals surface area contributed by atoms with Crippen LogP contribution in [0.15, 0.2) is 0 Å². The van der Waals surface area contributed by atoms with E-state index in [9.17, 15) is 9.59 Å². The Hall–Kier alpha value is -1.06. The predicted octanol–water partition coefficient (Wildman–Crippen LogP) is 1.55. The Labute approximate surface area is 109 Å². The first-order valence-electron chi connectivity index (χ1n) is 7.09. The maximum Gasteiger partial charge on any atom is 0.246 e. The molecule has 1 saturated heterocycles. The summed E-state index contributed by atoms with van der Waals surface area (Å²) in [5.74, 6) is 0.874. The monoisotopic (exact) mass is 252 g/mol. The Bertz CT molecular complexity index is 354. The Morgan fingerprint density at radius 2 is 2.00 bits per heavy atom. The van der Waals surface area contributed by atoms with E-state index in [1.54, 1.807) is 0 Å². The van der Waals surface area contributed by atoms with Gasteiger partial charge in [0.05, 0.1) is 0 Å². The molecule has 0 spiro atoms. The SMILES string of the molecule is CCCC1NC(=O)C(C(C)C)N(C2CC2C)C1=O. The number of amides is 2. The maximum atomic E-state index is 12.5. The lowest BCUT2D eigenvalue weighted by molar-refractivity contribution is -0.152. The second kappa shape index (κ2) is 4.90. The van der Waals surface area contributed by atoms with Crippen molar-refractivity contribution in [3.8, 4) is 0 Å². The number of nitrogens with one attached hydrogen (secondary N) is 1. The van der Waals surface area contributed by atoms with Crippen LogP contribution in [0.25, 0.3) is 0 Å². The van der Waals surface area contributed by atoms with Gasteiger partial charge in [0.2, 0.25) is 11.8 Å². The van der Waals surface area contributed by atoms with Gasteiger partial charge < -0.3 is 10.2 Å². The number of carbonyl (C=O) groups is 2. The molecule has 2 rings (SSSR count). The lowest BCUT2D eigenvalue weighted by atomic mass is 9.95. The van der Waals surface area contributed by atoms with Gasteiger partial charge in [0.25, 0.3) is 0 Å². The minimum atomic E-state index is -0.301. The average molecular weight is 252 g/mol. The van der Waals surface area contributed by atoms with E-state index in [4.69, 9.17) is 0 Å². The fourth-order valence-electron chi connectivity index (χ4n) is 2.93. The molecule has 4 atom stereocenters. The molecule has 0 bridgehead atoms.